The minimum Gasteiger partial charge on any atom is -0.323 e. The average Bonchev–Trinajstić information content (AvgIpc) is 3.49. The molecule has 1 aromatic carbocycles. The maximum atomic E-state index is 12.5. The van der Waals surface area contributed by atoms with Gasteiger partial charge in [0.2, 0.25) is 5.91 Å². The van der Waals surface area contributed by atoms with Crippen LogP contribution in [0.4, 0.5) is 5.69 Å². The molecule has 0 bridgehead atoms. The van der Waals surface area contributed by atoms with E-state index >= 15 is 0 Å². The van der Waals surface area contributed by atoms with Gasteiger partial charge in [-0.3, -0.25) is 19.4 Å². The number of likely N-dealkylation sites (tertiary alicyclic amines) is 1. The second-order valence-electron chi connectivity index (χ2n) is 9.73. The largest absolute Gasteiger partial charge is 0.323 e. The minimum atomic E-state index is -0.161. The number of anilines is 1. The standard InChI is InChI=1S/C26H29N5O/c1-26(2)17-30(18-26)15-19-3-6-22(7-4-19)29-25(32)10-5-20-13-27-12-11-24(20)21-14-28-31(16-21)23-8-9-23/h3-7,10-14,16,23H,8-9,15,17-18H2,1-2H3,(H,29,32). The van der Waals surface area contributed by atoms with Crippen molar-refractivity contribution in [1.82, 2.24) is 19.7 Å². The number of nitrogens with zero attached hydrogens (tertiary/aromatic N) is 4. The van der Waals surface area contributed by atoms with Crippen molar-refractivity contribution in [3.8, 4) is 11.1 Å². The minimum absolute atomic E-state index is 0.161. The van der Waals surface area contributed by atoms with Gasteiger partial charge in [0.05, 0.1) is 12.2 Å². The number of pyridine rings is 1. The molecule has 164 valence electrons. The van der Waals surface area contributed by atoms with Crippen LogP contribution in [0.1, 0.15) is 43.9 Å². The molecule has 5 rings (SSSR count). The summed E-state index contributed by atoms with van der Waals surface area (Å²) >= 11 is 0. The van der Waals surface area contributed by atoms with Crippen LogP contribution in [0.2, 0.25) is 0 Å². The smallest absolute Gasteiger partial charge is 0.248 e. The van der Waals surface area contributed by atoms with E-state index in [0.29, 0.717) is 11.5 Å². The van der Waals surface area contributed by atoms with Crippen molar-refractivity contribution in [1.29, 1.82) is 0 Å². The third-order valence-corrected chi connectivity index (χ3v) is 6.03. The normalized spacial score (nSPS) is 17.9. The quantitative estimate of drug-likeness (QED) is 0.552. The number of hydrogen-bond donors (Lipinski definition) is 1. The fourth-order valence-corrected chi connectivity index (χ4v) is 4.40. The molecule has 0 unspecified atom stereocenters. The van der Waals surface area contributed by atoms with Gasteiger partial charge in [0.25, 0.3) is 0 Å². The van der Waals surface area contributed by atoms with Gasteiger partial charge < -0.3 is 5.32 Å². The first-order chi connectivity index (χ1) is 15.4. The first-order valence-electron chi connectivity index (χ1n) is 11.2. The molecule has 0 spiro atoms. The monoisotopic (exact) mass is 427 g/mol. The van der Waals surface area contributed by atoms with Crippen LogP contribution in [-0.2, 0) is 11.3 Å². The fourth-order valence-electron chi connectivity index (χ4n) is 4.40. The summed E-state index contributed by atoms with van der Waals surface area (Å²) in [6, 6.07) is 10.6. The van der Waals surface area contributed by atoms with Crippen molar-refractivity contribution in [3.63, 3.8) is 0 Å². The zero-order valence-electron chi connectivity index (χ0n) is 18.7. The number of rotatable bonds is 7. The molecule has 1 N–H and O–H groups in total. The number of nitrogens with one attached hydrogen (secondary N) is 1. The first kappa shape index (κ1) is 20.6. The molecule has 6 nitrogen and oxygen atoms in total. The van der Waals surface area contributed by atoms with E-state index < -0.39 is 0 Å². The summed E-state index contributed by atoms with van der Waals surface area (Å²) in [4.78, 5) is 19.1. The van der Waals surface area contributed by atoms with Gasteiger partial charge in [0.1, 0.15) is 0 Å². The van der Waals surface area contributed by atoms with Gasteiger partial charge in [-0.05, 0) is 53.7 Å². The molecule has 2 aliphatic rings. The van der Waals surface area contributed by atoms with Crippen molar-refractivity contribution < 1.29 is 4.79 Å². The molecule has 0 atom stereocenters. The van der Waals surface area contributed by atoms with Crippen molar-refractivity contribution in [2.75, 3.05) is 18.4 Å². The van der Waals surface area contributed by atoms with Gasteiger partial charge >= 0.3 is 0 Å². The second-order valence-corrected chi connectivity index (χ2v) is 9.73. The molecular weight excluding hydrogens is 398 g/mol. The molecule has 1 amide bonds. The number of aromatic nitrogens is 3. The number of hydrogen-bond acceptors (Lipinski definition) is 4. The van der Waals surface area contributed by atoms with Crippen molar-refractivity contribution in [3.05, 3.63) is 72.3 Å². The third kappa shape index (κ3) is 4.81. The molecule has 1 aliphatic carbocycles. The Balaban J connectivity index is 1.20. The highest BCUT2D eigenvalue weighted by Gasteiger charge is 2.33. The van der Waals surface area contributed by atoms with Crippen LogP contribution in [-0.4, -0.2) is 38.7 Å². The average molecular weight is 428 g/mol. The number of carbonyl (C=O) groups excluding carboxylic acids is 1. The fraction of sp³-hybridized carbons (Fsp3) is 0.346. The van der Waals surface area contributed by atoms with Gasteiger partial charge in [0, 0.05) is 61.1 Å². The Kier molecular flexibility index (Phi) is 5.39. The Bertz CT molecular complexity index is 1130. The number of carbonyl (C=O) groups is 1. The van der Waals surface area contributed by atoms with Crippen LogP contribution in [0, 0.1) is 5.41 Å². The lowest BCUT2D eigenvalue weighted by Gasteiger charge is -2.46. The third-order valence-electron chi connectivity index (χ3n) is 6.03. The topological polar surface area (TPSA) is 63.1 Å². The van der Waals surface area contributed by atoms with E-state index in [4.69, 9.17) is 0 Å². The Morgan fingerprint density at radius 1 is 1.16 bits per heavy atom. The van der Waals surface area contributed by atoms with Gasteiger partial charge in [-0.1, -0.05) is 26.0 Å². The molecule has 6 heteroatoms. The zero-order chi connectivity index (χ0) is 22.1. The van der Waals surface area contributed by atoms with E-state index in [-0.39, 0.29) is 5.91 Å². The number of amides is 1. The Hall–Kier alpha value is -3.25. The van der Waals surface area contributed by atoms with Crippen LogP contribution >= 0.6 is 0 Å². The van der Waals surface area contributed by atoms with E-state index in [1.165, 1.54) is 18.4 Å². The molecule has 2 fully saturated rings. The molecule has 1 saturated carbocycles. The molecular formula is C26H29N5O. The molecule has 3 heterocycles. The van der Waals surface area contributed by atoms with Crippen molar-refractivity contribution >= 4 is 17.7 Å². The summed E-state index contributed by atoms with van der Waals surface area (Å²) in [5.74, 6) is -0.161. The highest BCUT2D eigenvalue weighted by atomic mass is 16.1. The highest BCUT2D eigenvalue weighted by Crippen LogP contribution is 2.35. The maximum Gasteiger partial charge on any atom is 0.248 e. The molecule has 3 aromatic rings. The van der Waals surface area contributed by atoms with Crippen molar-refractivity contribution in [2.45, 2.75) is 39.3 Å². The van der Waals surface area contributed by atoms with Crippen LogP contribution in [0.15, 0.2) is 61.2 Å². The predicted molar refractivity (Wildman–Crippen MR) is 127 cm³/mol. The van der Waals surface area contributed by atoms with E-state index in [1.807, 2.05) is 35.2 Å². The van der Waals surface area contributed by atoms with E-state index in [0.717, 1.165) is 42.0 Å². The lowest BCUT2D eigenvalue weighted by atomic mass is 9.84. The molecule has 32 heavy (non-hydrogen) atoms. The second kappa shape index (κ2) is 8.36. The summed E-state index contributed by atoms with van der Waals surface area (Å²) in [6.07, 6.45) is 13.3. The van der Waals surface area contributed by atoms with Crippen LogP contribution in [0.5, 0.6) is 0 Å². The van der Waals surface area contributed by atoms with Crippen molar-refractivity contribution in [2.24, 2.45) is 5.41 Å². The van der Waals surface area contributed by atoms with Gasteiger partial charge in [-0.15, -0.1) is 0 Å². The lowest BCUT2D eigenvalue weighted by Crippen LogP contribution is -2.52. The summed E-state index contributed by atoms with van der Waals surface area (Å²) < 4.78 is 2.03. The summed E-state index contributed by atoms with van der Waals surface area (Å²) in [6.45, 7) is 7.82. The lowest BCUT2D eigenvalue weighted by molar-refractivity contribution is -0.111. The van der Waals surface area contributed by atoms with Crippen LogP contribution in [0.25, 0.3) is 17.2 Å². The Morgan fingerprint density at radius 2 is 1.94 bits per heavy atom. The maximum absolute atomic E-state index is 12.5. The predicted octanol–water partition coefficient (Wildman–Crippen LogP) is 4.77. The van der Waals surface area contributed by atoms with E-state index in [9.17, 15) is 4.79 Å². The summed E-state index contributed by atoms with van der Waals surface area (Å²) in [5, 5.41) is 7.42. The first-order valence-corrected chi connectivity index (χ1v) is 11.2. The molecule has 0 radical (unpaired) electrons. The van der Waals surface area contributed by atoms with E-state index in [1.54, 1.807) is 18.5 Å². The Morgan fingerprint density at radius 3 is 2.66 bits per heavy atom. The molecule has 1 saturated heterocycles. The highest BCUT2D eigenvalue weighted by molar-refractivity contribution is 6.02. The number of benzene rings is 1. The molecule has 2 aromatic heterocycles. The van der Waals surface area contributed by atoms with E-state index in [2.05, 4.69) is 52.5 Å². The Labute approximate surface area is 189 Å². The summed E-state index contributed by atoms with van der Waals surface area (Å²) in [7, 11) is 0. The van der Waals surface area contributed by atoms with Gasteiger partial charge in [-0.25, -0.2) is 0 Å². The van der Waals surface area contributed by atoms with Gasteiger partial charge in [0.15, 0.2) is 0 Å². The SMILES string of the molecule is CC1(C)CN(Cc2ccc(NC(=O)C=Cc3cnccc3-c3cnn(C4CC4)c3)cc2)C1. The molecule has 1 aliphatic heterocycles. The van der Waals surface area contributed by atoms with Crippen LogP contribution in [0.3, 0.4) is 0 Å². The van der Waals surface area contributed by atoms with Gasteiger partial charge in [-0.2, -0.15) is 5.10 Å². The zero-order valence-corrected chi connectivity index (χ0v) is 18.7. The van der Waals surface area contributed by atoms with Crippen LogP contribution < -0.4 is 5.32 Å². The summed E-state index contributed by atoms with van der Waals surface area (Å²) in [5.41, 5.74) is 5.46.